The molecule has 0 radical (unpaired) electrons. The van der Waals surface area contributed by atoms with E-state index in [1.807, 2.05) is 18.2 Å². The lowest BCUT2D eigenvalue weighted by Gasteiger charge is -2.30. The second-order valence-electron chi connectivity index (χ2n) is 6.79. The third-order valence-corrected chi connectivity index (χ3v) is 5.52. The molecule has 4 rings (SSSR count). The molecule has 1 fully saturated rings. The zero-order valence-electron chi connectivity index (χ0n) is 13.5. The van der Waals surface area contributed by atoms with Gasteiger partial charge in [0.1, 0.15) is 0 Å². The second-order valence-corrected chi connectivity index (χ2v) is 6.79. The summed E-state index contributed by atoms with van der Waals surface area (Å²) in [5.74, 6) is -2.57. The fraction of sp³-hybridized carbons (Fsp3) is 0.400. The predicted octanol–water partition coefficient (Wildman–Crippen LogP) is 5.43. The van der Waals surface area contributed by atoms with E-state index in [-0.39, 0.29) is 6.10 Å². The Balaban J connectivity index is 1.71. The Bertz CT molecular complexity index is 763. The van der Waals surface area contributed by atoms with E-state index in [4.69, 9.17) is 4.74 Å². The van der Waals surface area contributed by atoms with Gasteiger partial charge < -0.3 is 4.74 Å². The van der Waals surface area contributed by atoms with Gasteiger partial charge in [0.25, 0.3) is 0 Å². The largest absolute Gasteiger partial charge is 0.373 e. The molecule has 2 aromatic rings. The normalized spacial score (nSPS) is 25.4. The molecule has 1 nitrogen and oxygen atoms in total. The van der Waals surface area contributed by atoms with Gasteiger partial charge in [-0.05, 0) is 59.1 Å². The highest BCUT2D eigenvalue weighted by Gasteiger charge is 2.40. The molecule has 3 atom stereocenters. The molecule has 0 saturated carbocycles. The number of benzene rings is 2. The molecule has 0 aromatic heterocycles. The number of aryl methyl sites for hydroxylation is 1. The molecule has 1 aliphatic carbocycles. The van der Waals surface area contributed by atoms with E-state index in [1.54, 1.807) is 0 Å². The molecule has 3 unspecified atom stereocenters. The van der Waals surface area contributed by atoms with Crippen LogP contribution < -0.4 is 0 Å². The van der Waals surface area contributed by atoms with Gasteiger partial charge in [-0.1, -0.05) is 31.5 Å². The summed E-state index contributed by atoms with van der Waals surface area (Å²) in [6.45, 7) is 3.01. The molecule has 2 aliphatic rings. The lowest BCUT2D eigenvalue weighted by atomic mass is 9.75. The van der Waals surface area contributed by atoms with Gasteiger partial charge in [-0.2, -0.15) is 0 Å². The van der Waals surface area contributed by atoms with Crippen LogP contribution in [0.3, 0.4) is 0 Å². The highest BCUT2D eigenvalue weighted by atomic mass is 19.2. The summed E-state index contributed by atoms with van der Waals surface area (Å²) in [7, 11) is 0. The summed E-state index contributed by atoms with van der Waals surface area (Å²) in [4.78, 5) is 0. The standard InChI is InChI=1S/C20H19F3O/c1-2-11-10-24-20-15(11)6-4-13-7-12(3-5-16(13)20)14-8-17(21)19(23)18(22)9-14/h3,5,7-9,11,15,20H,2,4,6,10H2,1H3. The van der Waals surface area contributed by atoms with Crippen LogP contribution >= 0.6 is 0 Å². The summed E-state index contributed by atoms with van der Waals surface area (Å²) < 4.78 is 46.1. The van der Waals surface area contributed by atoms with Crippen molar-refractivity contribution in [1.29, 1.82) is 0 Å². The van der Waals surface area contributed by atoms with E-state index < -0.39 is 17.5 Å². The molecular formula is C20H19F3O. The van der Waals surface area contributed by atoms with E-state index in [1.165, 1.54) is 5.56 Å². The van der Waals surface area contributed by atoms with Crippen molar-refractivity contribution in [3.8, 4) is 11.1 Å². The van der Waals surface area contributed by atoms with Crippen LogP contribution in [-0.2, 0) is 11.2 Å². The van der Waals surface area contributed by atoms with Gasteiger partial charge in [0.05, 0.1) is 12.7 Å². The molecular weight excluding hydrogens is 313 g/mol. The van der Waals surface area contributed by atoms with E-state index in [2.05, 4.69) is 6.92 Å². The zero-order chi connectivity index (χ0) is 16.8. The Labute approximate surface area is 139 Å². The van der Waals surface area contributed by atoms with Crippen molar-refractivity contribution in [3.63, 3.8) is 0 Å². The first-order chi connectivity index (χ1) is 11.6. The number of hydrogen-bond donors (Lipinski definition) is 0. The molecule has 0 bridgehead atoms. The maximum Gasteiger partial charge on any atom is 0.194 e. The van der Waals surface area contributed by atoms with Gasteiger partial charge in [-0.25, -0.2) is 13.2 Å². The lowest BCUT2D eigenvalue weighted by Crippen LogP contribution is -2.21. The van der Waals surface area contributed by atoms with Gasteiger partial charge in [0.15, 0.2) is 17.5 Å². The minimum atomic E-state index is -1.43. The number of halogens is 3. The minimum Gasteiger partial charge on any atom is -0.373 e. The van der Waals surface area contributed by atoms with Gasteiger partial charge in [0, 0.05) is 0 Å². The lowest BCUT2D eigenvalue weighted by molar-refractivity contribution is 0.0830. The molecule has 0 spiro atoms. The molecule has 24 heavy (non-hydrogen) atoms. The number of hydrogen-bond acceptors (Lipinski definition) is 1. The van der Waals surface area contributed by atoms with Crippen molar-refractivity contribution < 1.29 is 17.9 Å². The Morgan fingerprint density at radius 3 is 2.50 bits per heavy atom. The molecule has 1 saturated heterocycles. The van der Waals surface area contributed by atoms with Crippen LogP contribution in [0.2, 0.25) is 0 Å². The summed E-state index contributed by atoms with van der Waals surface area (Å²) in [6.07, 6.45) is 3.28. The van der Waals surface area contributed by atoms with Crippen LogP contribution in [0.5, 0.6) is 0 Å². The molecule has 0 amide bonds. The highest BCUT2D eigenvalue weighted by molar-refractivity contribution is 5.65. The fourth-order valence-electron chi connectivity index (χ4n) is 4.17. The predicted molar refractivity (Wildman–Crippen MR) is 86.0 cm³/mol. The topological polar surface area (TPSA) is 9.23 Å². The molecule has 126 valence electrons. The van der Waals surface area contributed by atoms with Crippen LogP contribution in [0.25, 0.3) is 11.1 Å². The Morgan fingerprint density at radius 2 is 1.79 bits per heavy atom. The molecule has 1 aliphatic heterocycles. The Kier molecular flexibility index (Phi) is 3.87. The second kappa shape index (κ2) is 5.92. The average molecular weight is 332 g/mol. The van der Waals surface area contributed by atoms with Gasteiger partial charge in [0.2, 0.25) is 0 Å². The van der Waals surface area contributed by atoms with E-state index in [0.717, 1.165) is 43.6 Å². The highest BCUT2D eigenvalue weighted by Crippen LogP contribution is 2.47. The monoisotopic (exact) mass is 332 g/mol. The van der Waals surface area contributed by atoms with Crippen molar-refractivity contribution in [2.45, 2.75) is 32.3 Å². The van der Waals surface area contributed by atoms with Crippen molar-refractivity contribution in [2.24, 2.45) is 11.8 Å². The van der Waals surface area contributed by atoms with E-state index in [9.17, 15) is 13.2 Å². The van der Waals surface area contributed by atoms with Gasteiger partial charge in [-0.3, -0.25) is 0 Å². The number of ether oxygens (including phenoxy) is 1. The summed E-state index contributed by atoms with van der Waals surface area (Å²) in [5.41, 5.74) is 3.41. The van der Waals surface area contributed by atoms with Gasteiger partial charge in [-0.15, -0.1) is 0 Å². The van der Waals surface area contributed by atoms with Crippen molar-refractivity contribution in [1.82, 2.24) is 0 Å². The fourth-order valence-corrected chi connectivity index (χ4v) is 4.17. The number of rotatable bonds is 2. The van der Waals surface area contributed by atoms with Crippen molar-refractivity contribution in [2.75, 3.05) is 6.61 Å². The van der Waals surface area contributed by atoms with Crippen LogP contribution in [0.15, 0.2) is 30.3 Å². The third-order valence-electron chi connectivity index (χ3n) is 5.52. The molecule has 0 N–H and O–H groups in total. The Morgan fingerprint density at radius 1 is 1.04 bits per heavy atom. The molecule has 2 aromatic carbocycles. The average Bonchev–Trinajstić information content (AvgIpc) is 3.02. The van der Waals surface area contributed by atoms with Crippen molar-refractivity contribution in [3.05, 3.63) is 58.9 Å². The first-order valence-electron chi connectivity index (χ1n) is 8.47. The first-order valence-corrected chi connectivity index (χ1v) is 8.47. The molecule has 4 heteroatoms. The van der Waals surface area contributed by atoms with Gasteiger partial charge >= 0.3 is 0 Å². The summed E-state index contributed by atoms with van der Waals surface area (Å²) in [5, 5.41) is 0. The Hall–Kier alpha value is -1.81. The molecule has 1 heterocycles. The quantitative estimate of drug-likeness (QED) is 0.666. The smallest absolute Gasteiger partial charge is 0.194 e. The maximum atomic E-state index is 13.5. The summed E-state index contributed by atoms with van der Waals surface area (Å²) in [6, 6.07) is 7.89. The maximum absolute atomic E-state index is 13.5. The summed E-state index contributed by atoms with van der Waals surface area (Å²) >= 11 is 0. The zero-order valence-corrected chi connectivity index (χ0v) is 13.5. The first kappa shape index (κ1) is 15.7. The van der Waals surface area contributed by atoms with Crippen LogP contribution in [0.4, 0.5) is 13.2 Å². The van der Waals surface area contributed by atoms with E-state index >= 15 is 0 Å². The van der Waals surface area contributed by atoms with Crippen LogP contribution in [-0.4, -0.2) is 6.61 Å². The van der Waals surface area contributed by atoms with Crippen LogP contribution in [0, 0.1) is 29.3 Å². The third kappa shape index (κ3) is 2.44. The van der Waals surface area contributed by atoms with E-state index in [0.29, 0.717) is 23.0 Å². The van der Waals surface area contributed by atoms with Crippen LogP contribution in [0.1, 0.15) is 37.0 Å². The minimum absolute atomic E-state index is 0.134. The SMILES string of the molecule is CCC1COC2c3ccc(-c4cc(F)c(F)c(F)c4)cc3CCC12. The number of fused-ring (bicyclic) bond motifs is 3. The van der Waals surface area contributed by atoms with Crippen molar-refractivity contribution >= 4 is 0 Å².